The number of hydrogen-bond donors (Lipinski definition) is 2. The molecule has 0 radical (unpaired) electrons. The molecule has 20 heavy (non-hydrogen) atoms. The molecular weight excluding hydrogens is 252 g/mol. The lowest BCUT2D eigenvalue weighted by Gasteiger charge is -2.28. The van der Waals surface area contributed by atoms with Crippen LogP contribution in [0.15, 0.2) is 6.07 Å². The monoisotopic (exact) mass is 276 g/mol. The third kappa shape index (κ3) is 3.10. The van der Waals surface area contributed by atoms with Crippen LogP contribution in [0.4, 0.5) is 5.69 Å². The van der Waals surface area contributed by atoms with E-state index < -0.39 is 5.91 Å². The molecule has 0 saturated carbocycles. The van der Waals surface area contributed by atoms with Gasteiger partial charge in [0.2, 0.25) is 0 Å². The molecule has 0 spiro atoms. The van der Waals surface area contributed by atoms with E-state index in [1.54, 1.807) is 0 Å². The summed E-state index contributed by atoms with van der Waals surface area (Å²) >= 11 is 0. The number of primary amides is 1. The Morgan fingerprint density at radius 3 is 2.85 bits per heavy atom. The van der Waals surface area contributed by atoms with Gasteiger partial charge in [-0.1, -0.05) is 0 Å². The van der Waals surface area contributed by atoms with Gasteiger partial charge >= 0.3 is 0 Å². The summed E-state index contributed by atoms with van der Waals surface area (Å²) in [4.78, 5) is 18.3. The number of likely N-dealkylation sites (N-methyl/N-ethyl adjacent to an activating group) is 1. The number of carbonyl (C=O) groups excluding carboxylic acids is 1. The number of pyridine rings is 1. The lowest BCUT2D eigenvalue weighted by atomic mass is 10.1. The first-order chi connectivity index (χ1) is 9.52. The van der Waals surface area contributed by atoms with Crippen LogP contribution in [0.5, 0.6) is 0 Å². The molecule has 1 unspecified atom stereocenters. The lowest BCUT2D eigenvalue weighted by molar-refractivity contribution is 0.0999. The topological polar surface area (TPSA) is 71.2 Å². The van der Waals surface area contributed by atoms with Crippen molar-refractivity contribution < 1.29 is 4.79 Å². The number of nitrogens with two attached hydrogens (primary N) is 1. The zero-order valence-electron chi connectivity index (χ0n) is 12.6. The van der Waals surface area contributed by atoms with Gasteiger partial charge in [0.1, 0.15) is 0 Å². The Hall–Kier alpha value is -1.62. The Bertz CT molecular complexity index is 495. The second kappa shape index (κ2) is 6.22. The average Bonchev–Trinajstić information content (AvgIpc) is 2.87. The van der Waals surface area contributed by atoms with Crippen molar-refractivity contribution >= 4 is 11.6 Å². The van der Waals surface area contributed by atoms with Crippen LogP contribution in [0.1, 0.15) is 41.5 Å². The highest BCUT2D eigenvalue weighted by Gasteiger charge is 2.22. The van der Waals surface area contributed by atoms with Crippen molar-refractivity contribution in [3.63, 3.8) is 0 Å². The minimum Gasteiger partial charge on any atom is -0.369 e. The summed E-state index contributed by atoms with van der Waals surface area (Å²) in [5.41, 5.74) is 8.64. The van der Waals surface area contributed by atoms with Crippen molar-refractivity contribution in [2.24, 2.45) is 5.73 Å². The normalized spacial score (nSPS) is 18.2. The quantitative estimate of drug-likeness (QED) is 0.852. The zero-order chi connectivity index (χ0) is 14.7. The molecule has 3 N–H and O–H groups in total. The van der Waals surface area contributed by atoms with Crippen molar-refractivity contribution in [3.8, 4) is 0 Å². The van der Waals surface area contributed by atoms with E-state index in [2.05, 4.69) is 22.1 Å². The van der Waals surface area contributed by atoms with Crippen molar-refractivity contribution in [2.45, 2.75) is 39.7 Å². The van der Waals surface area contributed by atoms with Gasteiger partial charge in [0.25, 0.3) is 5.91 Å². The van der Waals surface area contributed by atoms with Gasteiger partial charge in [-0.25, -0.2) is 0 Å². The Morgan fingerprint density at radius 1 is 1.55 bits per heavy atom. The second-order valence-electron chi connectivity index (χ2n) is 5.44. The van der Waals surface area contributed by atoms with Crippen LogP contribution in [-0.2, 0) is 0 Å². The van der Waals surface area contributed by atoms with E-state index in [-0.39, 0.29) is 0 Å². The third-order valence-electron chi connectivity index (χ3n) is 3.88. The molecule has 1 fully saturated rings. The molecule has 1 aromatic rings. The van der Waals surface area contributed by atoms with Crippen molar-refractivity contribution in [3.05, 3.63) is 23.0 Å². The summed E-state index contributed by atoms with van der Waals surface area (Å²) in [5, 5.41) is 3.50. The molecule has 1 aliphatic heterocycles. The Morgan fingerprint density at radius 2 is 2.30 bits per heavy atom. The van der Waals surface area contributed by atoms with Crippen molar-refractivity contribution in [2.75, 3.05) is 24.5 Å². The Kier molecular flexibility index (Phi) is 4.60. The largest absolute Gasteiger partial charge is 0.369 e. The molecule has 1 saturated heterocycles. The molecule has 110 valence electrons. The number of carbonyl (C=O) groups is 1. The van der Waals surface area contributed by atoms with E-state index >= 15 is 0 Å². The first kappa shape index (κ1) is 14.8. The summed E-state index contributed by atoms with van der Waals surface area (Å²) in [7, 11) is 0. The molecule has 5 nitrogen and oxygen atoms in total. The summed E-state index contributed by atoms with van der Waals surface area (Å²) in [5.74, 6) is -0.400. The minimum atomic E-state index is -0.400. The fraction of sp³-hybridized carbons (Fsp3) is 0.600. The lowest BCUT2D eigenvalue weighted by Crippen LogP contribution is -2.38. The Labute approximate surface area is 120 Å². The number of aryl methyl sites for hydroxylation is 2. The van der Waals surface area contributed by atoms with Crippen molar-refractivity contribution in [1.82, 2.24) is 10.3 Å². The Balaban J connectivity index is 2.34. The van der Waals surface area contributed by atoms with Gasteiger partial charge in [0, 0.05) is 24.8 Å². The molecule has 1 aromatic heterocycles. The average molecular weight is 276 g/mol. The van der Waals surface area contributed by atoms with E-state index in [0.717, 1.165) is 31.0 Å². The molecule has 2 rings (SSSR count). The van der Waals surface area contributed by atoms with Crippen LogP contribution in [0.3, 0.4) is 0 Å². The molecule has 5 heteroatoms. The molecule has 1 atom stereocenters. The third-order valence-corrected chi connectivity index (χ3v) is 3.88. The van der Waals surface area contributed by atoms with Crippen LogP contribution in [0.25, 0.3) is 0 Å². The van der Waals surface area contributed by atoms with E-state index in [4.69, 9.17) is 5.73 Å². The number of hydrogen-bond acceptors (Lipinski definition) is 4. The van der Waals surface area contributed by atoms with E-state index in [1.165, 1.54) is 12.8 Å². The number of rotatable bonds is 5. The molecule has 0 bridgehead atoms. The number of nitrogens with one attached hydrogen (secondary N) is 1. The van der Waals surface area contributed by atoms with Gasteiger partial charge in [-0.15, -0.1) is 0 Å². The predicted molar refractivity (Wildman–Crippen MR) is 81.1 cm³/mol. The first-order valence-corrected chi connectivity index (χ1v) is 7.29. The second-order valence-corrected chi connectivity index (χ2v) is 5.44. The van der Waals surface area contributed by atoms with Gasteiger partial charge in [-0.05, 0) is 46.2 Å². The molecule has 0 aliphatic carbocycles. The smallest absolute Gasteiger partial charge is 0.252 e. The predicted octanol–water partition coefficient (Wildman–Crippen LogP) is 1.38. The number of anilines is 1. The van der Waals surface area contributed by atoms with E-state index in [1.807, 2.05) is 19.9 Å². The van der Waals surface area contributed by atoms with Crippen molar-refractivity contribution in [1.29, 1.82) is 0 Å². The standard InChI is InChI=1S/C15H24N4O/c1-4-19(9-12-6-5-7-17-12)13-8-10(2)18-11(3)14(13)15(16)20/h8,12,17H,4-7,9H2,1-3H3,(H2,16,20). The maximum atomic E-state index is 11.8. The first-order valence-electron chi connectivity index (χ1n) is 7.29. The summed E-state index contributed by atoms with van der Waals surface area (Å²) < 4.78 is 0. The zero-order valence-corrected chi connectivity index (χ0v) is 12.6. The molecule has 2 heterocycles. The molecule has 0 aromatic carbocycles. The molecule has 1 amide bonds. The highest BCUT2D eigenvalue weighted by Crippen LogP contribution is 2.24. The fourth-order valence-corrected chi connectivity index (χ4v) is 2.94. The van der Waals surface area contributed by atoms with Gasteiger partial charge in [-0.3, -0.25) is 9.78 Å². The minimum absolute atomic E-state index is 0.400. The summed E-state index contributed by atoms with van der Waals surface area (Å²) in [6.07, 6.45) is 2.41. The van der Waals surface area contributed by atoms with E-state index in [9.17, 15) is 4.79 Å². The van der Waals surface area contributed by atoms with Crippen LogP contribution >= 0.6 is 0 Å². The van der Waals surface area contributed by atoms with Crippen LogP contribution in [0.2, 0.25) is 0 Å². The number of aromatic nitrogens is 1. The highest BCUT2D eigenvalue weighted by atomic mass is 16.1. The van der Waals surface area contributed by atoms with Gasteiger partial charge in [0.15, 0.2) is 0 Å². The fourth-order valence-electron chi connectivity index (χ4n) is 2.94. The van der Waals surface area contributed by atoms with Gasteiger partial charge in [-0.2, -0.15) is 0 Å². The maximum absolute atomic E-state index is 11.8. The van der Waals surface area contributed by atoms with Crippen LogP contribution < -0.4 is 16.0 Å². The summed E-state index contributed by atoms with van der Waals surface area (Å²) in [6.45, 7) is 8.73. The highest BCUT2D eigenvalue weighted by molar-refractivity contribution is 5.99. The van der Waals surface area contributed by atoms with Gasteiger partial charge < -0.3 is 16.0 Å². The van der Waals surface area contributed by atoms with Gasteiger partial charge in [0.05, 0.1) is 16.9 Å². The van der Waals surface area contributed by atoms with Crippen LogP contribution in [0, 0.1) is 13.8 Å². The maximum Gasteiger partial charge on any atom is 0.252 e. The summed E-state index contributed by atoms with van der Waals surface area (Å²) in [6, 6.07) is 2.45. The van der Waals surface area contributed by atoms with Crippen LogP contribution in [-0.4, -0.2) is 36.6 Å². The number of nitrogens with zero attached hydrogens (tertiary/aromatic N) is 2. The number of amides is 1. The molecule has 1 aliphatic rings. The molecular formula is C15H24N4O. The SMILES string of the molecule is CCN(CC1CCCN1)c1cc(C)nc(C)c1C(N)=O. The van der Waals surface area contributed by atoms with E-state index in [0.29, 0.717) is 17.3 Å².